The van der Waals surface area contributed by atoms with Crippen molar-refractivity contribution in [1.29, 1.82) is 0 Å². The molecule has 0 aromatic carbocycles. The molecule has 28 heavy (non-hydrogen) atoms. The molecule has 8 atom stereocenters. The Bertz CT molecular complexity index is 579. The second-order valence-electron chi connectivity index (χ2n) is 12.4. The largest absolute Gasteiger partial charge is 0.300 e. The van der Waals surface area contributed by atoms with E-state index in [1.807, 2.05) is 0 Å². The molecule has 0 amide bonds. The van der Waals surface area contributed by atoms with Crippen molar-refractivity contribution in [3.05, 3.63) is 0 Å². The maximum atomic E-state index is 12.1. The molecule has 0 bridgehead atoms. The molecule has 160 valence electrons. The molecule has 0 radical (unpaired) electrons. The van der Waals surface area contributed by atoms with E-state index >= 15 is 0 Å². The van der Waals surface area contributed by atoms with Crippen molar-refractivity contribution >= 4 is 5.78 Å². The molecule has 4 aliphatic carbocycles. The lowest BCUT2D eigenvalue weighted by molar-refractivity contribution is -0.140. The highest BCUT2D eigenvalue weighted by Crippen LogP contribution is 2.68. The van der Waals surface area contributed by atoms with E-state index in [-0.39, 0.29) is 0 Å². The molecule has 0 N–H and O–H groups in total. The lowest BCUT2D eigenvalue weighted by Gasteiger charge is -2.60. The standard InChI is InChI=1S/C27H46O/c1-18(2)7-6-8-19(3)23-11-12-24-22-10-9-20-17-21(28)13-15-26(20,4)25(22)14-16-27(23,24)5/h18-20,22-25H,6-17H2,1-5H3/t19-,20-,22-,23-,24+,25-,26-,27-/m0/s1. The van der Waals surface area contributed by atoms with E-state index in [0.29, 0.717) is 22.5 Å². The van der Waals surface area contributed by atoms with Crippen LogP contribution >= 0.6 is 0 Å². The Morgan fingerprint density at radius 3 is 2.39 bits per heavy atom. The van der Waals surface area contributed by atoms with Gasteiger partial charge in [0.15, 0.2) is 0 Å². The van der Waals surface area contributed by atoms with Gasteiger partial charge >= 0.3 is 0 Å². The average Bonchev–Trinajstić information content (AvgIpc) is 2.99. The first-order valence-corrected chi connectivity index (χ1v) is 12.8. The Balaban J connectivity index is 1.47. The second-order valence-corrected chi connectivity index (χ2v) is 12.4. The first kappa shape index (κ1) is 20.9. The number of Topliss-reactive ketones (excluding diaryl/α,β-unsaturated/α-hetero) is 1. The summed E-state index contributed by atoms with van der Waals surface area (Å²) in [4.78, 5) is 12.1. The molecular weight excluding hydrogens is 340 g/mol. The minimum Gasteiger partial charge on any atom is -0.300 e. The molecule has 0 aromatic rings. The predicted molar refractivity (Wildman–Crippen MR) is 118 cm³/mol. The molecule has 4 saturated carbocycles. The molecule has 1 nitrogen and oxygen atoms in total. The highest BCUT2D eigenvalue weighted by molar-refractivity contribution is 5.79. The van der Waals surface area contributed by atoms with E-state index in [9.17, 15) is 4.79 Å². The zero-order chi connectivity index (χ0) is 20.1. The molecule has 0 spiro atoms. The maximum absolute atomic E-state index is 12.1. The van der Waals surface area contributed by atoms with Crippen LogP contribution in [0.2, 0.25) is 0 Å². The number of ketones is 1. The minimum atomic E-state index is 0.471. The fourth-order valence-corrected chi connectivity index (χ4v) is 9.07. The summed E-state index contributed by atoms with van der Waals surface area (Å²) in [5, 5.41) is 0. The van der Waals surface area contributed by atoms with Gasteiger partial charge in [0.05, 0.1) is 0 Å². The third-order valence-corrected chi connectivity index (χ3v) is 10.7. The van der Waals surface area contributed by atoms with E-state index in [2.05, 4.69) is 34.6 Å². The topological polar surface area (TPSA) is 17.1 Å². The molecule has 0 aliphatic heterocycles. The van der Waals surface area contributed by atoms with Crippen molar-refractivity contribution in [1.82, 2.24) is 0 Å². The van der Waals surface area contributed by atoms with Gasteiger partial charge in [-0.05, 0) is 97.2 Å². The van der Waals surface area contributed by atoms with Crippen LogP contribution < -0.4 is 0 Å². The first-order chi connectivity index (χ1) is 13.3. The number of carbonyl (C=O) groups is 1. The monoisotopic (exact) mass is 386 g/mol. The lowest BCUT2D eigenvalue weighted by Crippen LogP contribution is -2.53. The molecule has 4 aliphatic rings. The van der Waals surface area contributed by atoms with Gasteiger partial charge in [-0.25, -0.2) is 0 Å². The first-order valence-electron chi connectivity index (χ1n) is 12.8. The van der Waals surface area contributed by atoms with Crippen LogP contribution in [0, 0.1) is 52.3 Å². The fraction of sp³-hybridized carbons (Fsp3) is 0.963. The Hall–Kier alpha value is -0.330. The summed E-state index contributed by atoms with van der Waals surface area (Å²) in [5.41, 5.74) is 1.07. The van der Waals surface area contributed by atoms with E-state index in [0.717, 1.165) is 48.3 Å². The normalized spacial score (nSPS) is 46.8. The summed E-state index contributed by atoms with van der Waals surface area (Å²) >= 11 is 0. The van der Waals surface area contributed by atoms with E-state index in [1.54, 1.807) is 0 Å². The van der Waals surface area contributed by atoms with Crippen LogP contribution in [-0.4, -0.2) is 5.78 Å². The van der Waals surface area contributed by atoms with Crippen LogP contribution in [0.25, 0.3) is 0 Å². The Morgan fingerprint density at radius 1 is 0.893 bits per heavy atom. The Morgan fingerprint density at radius 2 is 1.64 bits per heavy atom. The minimum absolute atomic E-state index is 0.471. The molecule has 0 saturated heterocycles. The zero-order valence-electron chi connectivity index (χ0n) is 19.4. The molecule has 0 aromatic heterocycles. The van der Waals surface area contributed by atoms with Crippen molar-refractivity contribution in [3.8, 4) is 0 Å². The Kier molecular flexibility index (Phi) is 5.78. The van der Waals surface area contributed by atoms with Gasteiger partial charge in [0, 0.05) is 12.8 Å². The van der Waals surface area contributed by atoms with Crippen molar-refractivity contribution in [2.75, 3.05) is 0 Å². The van der Waals surface area contributed by atoms with Gasteiger partial charge in [-0.2, -0.15) is 0 Å². The number of carbonyl (C=O) groups excluding carboxylic acids is 1. The van der Waals surface area contributed by atoms with Crippen LogP contribution in [0.1, 0.15) is 112 Å². The maximum Gasteiger partial charge on any atom is 0.133 e. The zero-order valence-corrected chi connectivity index (χ0v) is 19.4. The summed E-state index contributed by atoms with van der Waals surface area (Å²) in [6, 6.07) is 0. The SMILES string of the molecule is CC(C)CCC[C@H](C)[C@@H]1CC[C@@H]2[C@@H]3CC[C@H]4CC(=O)CC[C@]4(C)[C@H]3CC[C@]21C. The van der Waals surface area contributed by atoms with Gasteiger partial charge in [-0.1, -0.05) is 53.9 Å². The van der Waals surface area contributed by atoms with E-state index in [1.165, 1.54) is 64.2 Å². The highest BCUT2D eigenvalue weighted by Gasteiger charge is 2.60. The third-order valence-electron chi connectivity index (χ3n) is 10.7. The van der Waals surface area contributed by atoms with Crippen LogP contribution in [0.4, 0.5) is 0 Å². The predicted octanol–water partition coefficient (Wildman–Crippen LogP) is 7.68. The average molecular weight is 387 g/mol. The van der Waals surface area contributed by atoms with Crippen molar-refractivity contribution in [2.45, 2.75) is 112 Å². The van der Waals surface area contributed by atoms with Crippen LogP contribution in [0.15, 0.2) is 0 Å². The highest BCUT2D eigenvalue weighted by atomic mass is 16.1. The lowest BCUT2D eigenvalue weighted by atomic mass is 9.44. The van der Waals surface area contributed by atoms with E-state index in [4.69, 9.17) is 0 Å². The molecule has 4 fully saturated rings. The number of hydrogen-bond acceptors (Lipinski definition) is 1. The van der Waals surface area contributed by atoms with Crippen molar-refractivity contribution in [3.63, 3.8) is 0 Å². The number of hydrogen-bond donors (Lipinski definition) is 0. The van der Waals surface area contributed by atoms with Crippen LogP contribution in [0.5, 0.6) is 0 Å². The van der Waals surface area contributed by atoms with Gasteiger partial charge < -0.3 is 0 Å². The second kappa shape index (κ2) is 7.73. The third kappa shape index (κ3) is 3.41. The van der Waals surface area contributed by atoms with E-state index < -0.39 is 0 Å². The van der Waals surface area contributed by atoms with Gasteiger partial charge in [0.25, 0.3) is 0 Å². The number of rotatable bonds is 5. The van der Waals surface area contributed by atoms with Crippen LogP contribution in [0.3, 0.4) is 0 Å². The summed E-state index contributed by atoms with van der Waals surface area (Å²) < 4.78 is 0. The van der Waals surface area contributed by atoms with Gasteiger partial charge in [-0.3, -0.25) is 4.79 Å². The molecular formula is C27H46O. The van der Waals surface area contributed by atoms with Gasteiger partial charge in [0.1, 0.15) is 5.78 Å². The molecule has 0 unspecified atom stereocenters. The van der Waals surface area contributed by atoms with Gasteiger partial charge in [-0.15, -0.1) is 0 Å². The summed E-state index contributed by atoms with van der Waals surface area (Å²) in [6.45, 7) is 12.6. The number of fused-ring (bicyclic) bond motifs is 5. The van der Waals surface area contributed by atoms with Crippen LogP contribution in [-0.2, 0) is 4.79 Å². The van der Waals surface area contributed by atoms with Crippen molar-refractivity contribution in [2.24, 2.45) is 52.3 Å². The van der Waals surface area contributed by atoms with Crippen molar-refractivity contribution < 1.29 is 4.79 Å². The smallest absolute Gasteiger partial charge is 0.133 e. The molecule has 4 rings (SSSR count). The van der Waals surface area contributed by atoms with Gasteiger partial charge in [0.2, 0.25) is 0 Å². The Labute approximate surface area is 174 Å². The summed E-state index contributed by atoms with van der Waals surface area (Å²) in [6.07, 6.45) is 15.9. The summed E-state index contributed by atoms with van der Waals surface area (Å²) in [5.74, 6) is 6.82. The fourth-order valence-electron chi connectivity index (χ4n) is 9.07. The quantitative estimate of drug-likeness (QED) is 0.473. The molecule has 0 heterocycles. The summed E-state index contributed by atoms with van der Waals surface area (Å²) in [7, 11) is 0. The molecule has 1 heteroatoms.